The van der Waals surface area contributed by atoms with Gasteiger partial charge in [-0.1, -0.05) is 18.1 Å². The number of benzene rings is 2. The molecule has 3 aromatic rings. The maximum atomic E-state index is 15.4. The number of hydrogen-bond donors (Lipinski definition) is 2. The van der Waals surface area contributed by atoms with Crippen LogP contribution in [0.15, 0.2) is 54.9 Å². The van der Waals surface area contributed by atoms with Crippen molar-refractivity contribution in [2.75, 3.05) is 20.3 Å². The van der Waals surface area contributed by atoms with Gasteiger partial charge in [-0.3, -0.25) is 20.1 Å². The lowest BCUT2D eigenvalue weighted by Gasteiger charge is -2.31. The molecule has 2 aliphatic rings. The number of pyridine rings is 1. The first-order valence-corrected chi connectivity index (χ1v) is 11.8. The van der Waals surface area contributed by atoms with E-state index in [1.54, 1.807) is 31.5 Å². The zero-order valence-electron chi connectivity index (χ0n) is 20.5. The molecule has 8 heteroatoms. The fourth-order valence-electron chi connectivity index (χ4n) is 4.62. The highest BCUT2D eigenvalue weighted by molar-refractivity contribution is 6.00. The lowest BCUT2D eigenvalue weighted by atomic mass is 9.83. The van der Waals surface area contributed by atoms with Gasteiger partial charge in [-0.05, 0) is 60.4 Å². The third-order valence-corrected chi connectivity index (χ3v) is 6.53. The van der Waals surface area contributed by atoms with E-state index < -0.39 is 23.6 Å². The monoisotopic (exact) mass is 496 g/mol. The van der Waals surface area contributed by atoms with Crippen LogP contribution in [0, 0.1) is 23.1 Å². The van der Waals surface area contributed by atoms with Gasteiger partial charge in [0.1, 0.15) is 5.75 Å². The lowest BCUT2D eigenvalue weighted by Crippen LogP contribution is -2.41. The minimum atomic E-state index is -0.936. The van der Waals surface area contributed by atoms with Crippen molar-refractivity contribution in [3.63, 3.8) is 0 Å². The largest absolute Gasteiger partial charge is 0.454 e. The molecule has 1 unspecified atom stereocenters. The second-order valence-electron chi connectivity index (χ2n) is 8.84. The first-order valence-electron chi connectivity index (χ1n) is 11.8. The number of carbonyl (C=O) groups is 1. The Kier molecular flexibility index (Phi) is 6.47. The van der Waals surface area contributed by atoms with Crippen molar-refractivity contribution in [3.05, 3.63) is 82.9 Å². The van der Waals surface area contributed by atoms with E-state index in [1.165, 1.54) is 13.1 Å². The zero-order chi connectivity index (χ0) is 26.1. The summed E-state index contributed by atoms with van der Waals surface area (Å²) in [6.45, 7) is 2.74. The summed E-state index contributed by atoms with van der Waals surface area (Å²) in [5, 5.41) is 7.84. The molecule has 0 saturated carbocycles. The number of carbonyl (C=O) groups excluding carboxylic acids is 1. The lowest BCUT2D eigenvalue weighted by molar-refractivity contribution is -0.127. The summed E-state index contributed by atoms with van der Waals surface area (Å²) in [7, 11) is 1.43. The molecule has 5 rings (SSSR count). The van der Waals surface area contributed by atoms with Crippen molar-refractivity contribution >= 4 is 17.4 Å². The predicted octanol–water partition coefficient (Wildman–Crippen LogP) is 4.65. The number of hydrogen-bond acceptors (Lipinski definition) is 5. The molecule has 2 aromatic carbocycles. The van der Waals surface area contributed by atoms with Crippen molar-refractivity contribution in [2.24, 2.45) is 5.73 Å². The third-order valence-electron chi connectivity index (χ3n) is 6.53. The first kappa shape index (κ1) is 24.2. The fraction of sp³-hybridized carbons (Fsp3) is 0.207. The van der Waals surface area contributed by atoms with Crippen LogP contribution in [0.25, 0.3) is 16.7 Å². The number of nitrogens with zero attached hydrogens (tertiary/aromatic N) is 2. The van der Waals surface area contributed by atoms with Crippen molar-refractivity contribution in [1.82, 2.24) is 9.88 Å². The molecule has 0 saturated heterocycles. The summed E-state index contributed by atoms with van der Waals surface area (Å²) in [5.41, 5.74) is 10.6. The quantitative estimate of drug-likeness (QED) is 0.312. The average Bonchev–Trinajstić information content (AvgIpc) is 2.91. The summed E-state index contributed by atoms with van der Waals surface area (Å²) >= 11 is 0. The molecule has 1 atom stereocenters. The van der Waals surface area contributed by atoms with Crippen LogP contribution in [0.1, 0.15) is 41.5 Å². The third kappa shape index (κ3) is 4.57. The Bertz CT molecular complexity index is 1520. The number of likely N-dealkylation sites (N-methyl/N-ethyl adjacent to an activating group) is 1. The molecule has 0 aliphatic carbocycles. The maximum absolute atomic E-state index is 15.4. The second kappa shape index (κ2) is 9.88. The number of guanidine groups is 1. The van der Waals surface area contributed by atoms with Gasteiger partial charge in [0.05, 0.1) is 19.1 Å². The maximum Gasteiger partial charge on any atom is 0.241 e. The van der Waals surface area contributed by atoms with Gasteiger partial charge in [-0.25, -0.2) is 4.39 Å². The summed E-state index contributed by atoms with van der Waals surface area (Å²) in [6, 6.07) is 10.5. The van der Waals surface area contributed by atoms with Crippen molar-refractivity contribution < 1.29 is 18.7 Å². The molecule has 0 bridgehead atoms. The van der Waals surface area contributed by atoms with Crippen LogP contribution in [-0.4, -0.2) is 42.0 Å². The smallest absolute Gasteiger partial charge is 0.241 e. The summed E-state index contributed by atoms with van der Waals surface area (Å²) in [6.07, 6.45) is 5.95. The van der Waals surface area contributed by atoms with E-state index in [1.807, 2.05) is 24.3 Å². The number of ether oxygens (including phenoxy) is 2. The number of amides is 1. The highest BCUT2D eigenvalue weighted by Gasteiger charge is 2.37. The van der Waals surface area contributed by atoms with E-state index in [2.05, 4.69) is 16.8 Å². The van der Waals surface area contributed by atoms with Crippen molar-refractivity contribution in [1.29, 1.82) is 5.41 Å². The van der Waals surface area contributed by atoms with E-state index in [0.29, 0.717) is 42.1 Å². The Morgan fingerprint density at radius 2 is 1.97 bits per heavy atom. The Labute approximate surface area is 214 Å². The molecule has 37 heavy (non-hydrogen) atoms. The number of aromatic nitrogens is 1. The first-order chi connectivity index (χ1) is 17.9. The normalized spacial score (nSPS) is 15.8. The second-order valence-corrected chi connectivity index (χ2v) is 8.84. The SMILES string of the molecule is CC#Cc1cncc(-c2ccc3c(c2)C(C(=O)N(C)C(=N)N)c2cc(C4=CCOCC4)cc(F)c2O3)c1. The van der Waals surface area contributed by atoms with Crippen LogP contribution in [0.5, 0.6) is 11.5 Å². The van der Waals surface area contributed by atoms with E-state index in [-0.39, 0.29) is 5.75 Å². The Hall–Kier alpha value is -4.48. The minimum absolute atomic E-state index is 0.00570. The van der Waals surface area contributed by atoms with E-state index >= 15 is 4.39 Å². The van der Waals surface area contributed by atoms with Gasteiger partial charge < -0.3 is 15.2 Å². The molecule has 1 amide bonds. The summed E-state index contributed by atoms with van der Waals surface area (Å²) < 4.78 is 26.9. The molecule has 1 aromatic heterocycles. The van der Waals surface area contributed by atoms with Crippen molar-refractivity contribution in [2.45, 2.75) is 19.3 Å². The molecule has 3 heterocycles. The molecule has 186 valence electrons. The standard InChI is InChI=1S/C29H25FN4O3/c1-3-4-17-11-21(16-33-15-17)19-5-6-25-22(12-19)26(28(35)34(2)29(31)32)23-13-20(14-24(30)27(23)37-25)18-7-9-36-10-8-18/h5-7,11-16,26H,8-10H2,1-2H3,(H3,31,32). The number of nitrogens with two attached hydrogens (primary N) is 1. The average molecular weight is 497 g/mol. The minimum Gasteiger partial charge on any atom is -0.454 e. The Morgan fingerprint density at radius 3 is 2.70 bits per heavy atom. The molecule has 7 nitrogen and oxygen atoms in total. The van der Waals surface area contributed by atoms with E-state index in [0.717, 1.165) is 27.2 Å². The van der Waals surface area contributed by atoms with Gasteiger partial charge >= 0.3 is 0 Å². The van der Waals surface area contributed by atoms with Gasteiger partial charge in [0.25, 0.3) is 0 Å². The number of nitrogens with one attached hydrogen (secondary N) is 1. The van der Waals surface area contributed by atoms with Crippen LogP contribution < -0.4 is 10.5 Å². The van der Waals surface area contributed by atoms with Crippen LogP contribution in [0.3, 0.4) is 0 Å². The molecular formula is C29H25FN4O3. The van der Waals surface area contributed by atoms with Gasteiger partial charge in [-0.15, -0.1) is 5.92 Å². The summed E-state index contributed by atoms with van der Waals surface area (Å²) in [4.78, 5) is 19.1. The Balaban J connectivity index is 1.68. The molecule has 3 N–H and O–H groups in total. The van der Waals surface area contributed by atoms with Gasteiger partial charge in [-0.2, -0.15) is 0 Å². The van der Waals surface area contributed by atoms with Crippen molar-refractivity contribution in [3.8, 4) is 34.5 Å². The van der Waals surface area contributed by atoms with Crippen LogP contribution >= 0.6 is 0 Å². The molecule has 0 spiro atoms. The molecular weight excluding hydrogens is 471 g/mol. The molecule has 0 radical (unpaired) electrons. The van der Waals surface area contributed by atoms with Gasteiger partial charge in [0.15, 0.2) is 17.5 Å². The fourth-order valence-corrected chi connectivity index (χ4v) is 4.62. The summed E-state index contributed by atoms with van der Waals surface area (Å²) in [5.74, 6) is 3.85. The Morgan fingerprint density at radius 1 is 1.16 bits per heavy atom. The molecule has 0 fully saturated rings. The van der Waals surface area contributed by atoms with E-state index in [4.69, 9.17) is 20.6 Å². The number of halogens is 1. The van der Waals surface area contributed by atoms with E-state index in [9.17, 15) is 4.79 Å². The highest BCUT2D eigenvalue weighted by Crippen LogP contribution is 2.48. The predicted molar refractivity (Wildman–Crippen MR) is 139 cm³/mol. The molecule has 2 aliphatic heterocycles. The van der Waals surface area contributed by atoms with Crippen LogP contribution in [-0.2, 0) is 9.53 Å². The van der Waals surface area contributed by atoms with Crippen LogP contribution in [0.2, 0.25) is 0 Å². The zero-order valence-corrected chi connectivity index (χ0v) is 20.5. The van der Waals surface area contributed by atoms with Crippen LogP contribution in [0.4, 0.5) is 4.39 Å². The number of fused-ring (bicyclic) bond motifs is 2. The number of rotatable bonds is 3. The highest BCUT2D eigenvalue weighted by atomic mass is 19.1. The topological polar surface area (TPSA) is 102 Å². The van der Waals surface area contributed by atoms with Gasteiger partial charge in [0.2, 0.25) is 5.91 Å². The van der Waals surface area contributed by atoms with Gasteiger partial charge in [0, 0.05) is 41.7 Å².